The molecule has 0 radical (unpaired) electrons. The Bertz CT molecular complexity index is 128. The summed E-state index contributed by atoms with van der Waals surface area (Å²) < 4.78 is 0. The predicted octanol–water partition coefficient (Wildman–Crippen LogP) is 6.43. The van der Waals surface area contributed by atoms with Gasteiger partial charge in [0.05, 0.1) is 0 Å². The van der Waals surface area contributed by atoms with E-state index in [1.165, 1.54) is 31.8 Å². The summed E-state index contributed by atoms with van der Waals surface area (Å²) in [4.78, 5) is 0. The lowest BCUT2D eigenvalue weighted by Crippen LogP contribution is -2.13. The number of rotatable bonds is 3. The third-order valence-electron chi connectivity index (χ3n) is 2.59. The van der Waals surface area contributed by atoms with E-state index in [9.17, 15) is 0 Å². The first-order valence-corrected chi connectivity index (χ1v) is 17.4. The molecule has 1 saturated carbocycles. The van der Waals surface area contributed by atoms with E-state index < -0.39 is 0 Å². The molecule has 1 fully saturated rings. The van der Waals surface area contributed by atoms with Crippen LogP contribution >= 0.6 is 86.1 Å². The van der Waals surface area contributed by atoms with Crippen molar-refractivity contribution in [1.29, 1.82) is 0 Å². The highest BCUT2D eigenvalue weighted by Crippen LogP contribution is 2.35. The molecule has 6 heteroatoms. The zero-order valence-corrected chi connectivity index (χ0v) is 18.5. The highest BCUT2D eigenvalue weighted by Gasteiger charge is 2.17. The third-order valence-corrected chi connectivity index (χ3v) is 4.64. The molecule has 0 bridgehead atoms. The fourth-order valence-electron chi connectivity index (χ4n) is 1.74. The van der Waals surface area contributed by atoms with E-state index in [2.05, 4.69) is 92.5 Å². The van der Waals surface area contributed by atoms with Gasteiger partial charge in [-0.05, 0) is 43.7 Å². The summed E-state index contributed by atoms with van der Waals surface area (Å²) in [5.74, 6) is 1.88. The van der Waals surface area contributed by atoms with E-state index >= 15 is 0 Å². The molecule has 0 aliphatic heterocycles. The van der Waals surface area contributed by atoms with E-state index in [-0.39, 0.29) is 0 Å². The average molecular weight is 602 g/mol. The van der Waals surface area contributed by atoms with E-state index in [0.29, 0.717) is 0 Å². The van der Waals surface area contributed by atoms with Crippen molar-refractivity contribution >= 4 is 86.1 Å². The molecule has 0 heterocycles. The molecule has 0 aromatic heterocycles. The van der Waals surface area contributed by atoms with E-state index in [0.717, 1.165) is 18.1 Å². The van der Waals surface area contributed by atoms with Gasteiger partial charge in [-0.15, -0.1) is 6.58 Å². The Kier molecular flexibility index (Phi) is 23.6. The Balaban J connectivity index is 0. The van der Waals surface area contributed by atoms with Crippen LogP contribution < -0.4 is 0 Å². The molecule has 0 aromatic rings. The molecule has 0 spiro atoms. The molecular formula is C9H20I3P3. The second-order valence-corrected chi connectivity index (χ2v) is 6.32. The monoisotopic (exact) mass is 602 g/mol. The van der Waals surface area contributed by atoms with Crippen LogP contribution in [0.4, 0.5) is 0 Å². The third kappa shape index (κ3) is 12.0. The van der Waals surface area contributed by atoms with E-state index in [4.69, 9.17) is 0 Å². The van der Waals surface area contributed by atoms with Crippen molar-refractivity contribution in [1.82, 2.24) is 0 Å². The van der Waals surface area contributed by atoms with Gasteiger partial charge in [0.15, 0.2) is 0 Å². The van der Waals surface area contributed by atoms with Crippen LogP contribution in [0.1, 0.15) is 25.7 Å². The molecule has 0 aromatic carbocycles. The normalized spacial score (nSPS) is 24.9. The molecule has 0 N–H and O–H groups in total. The van der Waals surface area contributed by atoms with Gasteiger partial charge in [0.2, 0.25) is 0 Å². The van der Waals surface area contributed by atoms with Crippen molar-refractivity contribution in [2.45, 2.75) is 25.7 Å². The summed E-state index contributed by atoms with van der Waals surface area (Å²) in [6, 6.07) is 0. The number of hydrogen-bond acceptors (Lipinski definition) is 0. The van der Waals surface area contributed by atoms with Gasteiger partial charge >= 0.3 is 0 Å². The molecule has 15 heavy (non-hydrogen) atoms. The summed E-state index contributed by atoms with van der Waals surface area (Å²) >= 11 is 6.65. The molecule has 1 aliphatic rings. The summed E-state index contributed by atoms with van der Waals surface area (Å²) in [5, 5.41) is 0. The van der Waals surface area contributed by atoms with Crippen LogP contribution in [0, 0.1) is 11.8 Å². The molecule has 0 amide bonds. The minimum atomic E-state index is 0.837. The van der Waals surface area contributed by atoms with Gasteiger partial charge in [0, 0.05) is 0 Å². The number of halogens is 3. The van der Waals surface area contributed by atoms with Gasteiger partial charge in [0.25, 0.3) is 0 Å². The lowest BCUT2D eigenvalue weighted by atomic mass is 9.83. The van der Waals surface area contributed by atoms with Crippen LogP contribution in [-0.4, -0.2) is 6.16 Å². The molecule has 3 atom stereocenters. The standard InChI is InChI=1S/C9H16IP.2H2IP/c1-2-8-3-5-9(6-4-8)7-11-10;2*1-2/h2,8-9,11H,1,3-7H2;2*2H2. The van der Waals surface area contributed by atoms with E-state index in [1.807, 2.05) is 0 Å². The maximum atomic E-state index is 3.86. The molecule has 0 nitrogen and oxygen atoms in total. The van der Waals surface area contributed by atoms with Crippen molar-refractivity contribution in [3.63, 3.8) is 0 Å². The largest absolute Gasteiger partial charge is 0.103 e. The summed E-state index contributed by atoms with van der Waals surface area (Å²) in [6.45, 7) is 8.63. The molecule has 0 saturated heterocycles. The molecule has 92 valence electrons. The smallest absolute Gasteiger partial charge is 0.0234 e. The zero-order valence-electron chi connectivity index (χ0n) is 8.76. The van der Waals surface area contributed by atoms with Crippen LogP contribution in [0.5, 0.6) is 0 Å². The average Bonchev–Trinajstić information content (AvgIpc) is 2.36. The predicted molar refractivity (Wildman–Crippen MR) is 110 cm³/mol. The summed E-state index contributed by atoms with van der Waals surface area (Å²) in [6.07, 6.45) is 10.4. The minimum Gasteiger partial charge on any atom is -0.103 e. The zero-order chi connectivity index (χ0) is 12.1. The first-order valence-electron chi connectivity index (χ1n) is 4.76. The Hall–Kier alpha value is 3.22. The Labute approximate surface area is 140 Å². The van der Waals surface area contributed by atoms with Crippen LogP contribution in [0.25, 0.3) is 0 Å². The first-order chi connectivity index (χ1) is 7.36. The summed E-state index contributed by atoms with van der Waals surface area (Å²) in [5.41, 5.74) is 0. The van der Waals surface area contributed by atoms with Gasteiger partial charge in [-0.3, -0.25) is 0 Å². The fraction of sp³-hybridized carbons (Fsp3) is 0.778. The van der Waals surface area contributed by atoms with Crippen molar-refractivity contribution in [2.75, 3.05) is 6.16 Å². The lowest BCUT2D eigenvalue weighted by molar-refractivity contribution is 0.335. The lowest BCUT2D eigenvalue weighted by Gasteiger charge is -2.25. The van der Waals surface area contributed by atoms with Crippen molar-refractivity contribution in [3.8, 4) is 0 Å². The quantitative estimate of drug-likeness (QED) is 0.199. The molecule has 1 rings (SSSR count). The van der Waals surface area contributed by atoms with Gasteiger partial charge in [0.1, 0.15) is 0 Å². The van der Waals surface area contributed by atoms with Crippen molar-refractivity contribution in [3.05, 3.63) is 12.7 Å². The Morgan fingerprint density at radius 2 is 1.60 bits per heavy atom. The summed E-state index contributed by atoms with van der Waals surface area (Å²) in [7, 11) is 0. The Morgan fingerprint density at radius 3 is 1.93 bits per heavy atom. The first kappa shape index (κ1) is 20.5. The second kappa shape index (κ2) is 17.2. The highest BCUT2D eigenvalue weighted by molar-refractivity contribution is 14.2. The van der Waals surface area contributed by atoms with Gasteiger partial charge in [-0.2, -0.15) is 0 Å². The second-order valence-electron chi connectivity index (χ2n) is 3.35. The van der Waals surface area contributed by atoms with Crippen LogP contribution in [0.3, 0.4) is 0 Å². The minimum absolute atomic E-state index is 0.837. The van der Waals surface area contributed by atoms with Crippen LogP contribution in [-0.2, 0) is 0 Å². The number of hydrogen-bond donors (Lipinski definition) is 0. The highest BCUT2D eigenvalue weighted by atomic mass is 127. The van der Waals surface area contributed by atoms with E-state index in [1.54, 1.807) is 0 Å². The van der Waals surface area contributed by atoms with Gasteiger partial charge in [-0.1, -0.05) is 92.2 Å². The van der Waals surface area contributed by atoms with Crippen molar-refractivity contribution < 1.29 is 0 Å². The van der Waals surface area contributed by atoms with Gasteiger partial charge < -0.3 is 0 Å². The van der Waals surface area contributed by atoms with Crippen LogP contribution in [0.2, 0.25) is 0 Å². The van der Waals surface area contributed by atoms with Crippen molar-refractivity contribution in [2.24, 2.45) is 11.8 Å². The maximum Gasteiger partial charge on any atom is -0.0234 e. The Morgan fingerprint density at radius 1 is 1.13 bits per heavy atom. The van der Waals surface area contributed by atoms with Gasteiger partial charge in [-0.25, -0.2) is 0 Å². The molecule has 1 aliphatic carbocycles. The fourth-order valence-corrected chi connectivity index (χ4v) is 4.23. The molecular weight excluding hydrogens is 582 g/mol. The maximum absolute atomic E-state index is 3.86. The SMILES string of the molecule is C=CC1CCC(CPI)CC1.PI.PI. The number of allylic oxidation sites excluding steroid dienone is 1. The van der Waals surface area contributed by atoms with Crippen LogP contribution in [0.15, 0.2) is 12.7 Å². The molecule has 3 unspecified atom stereocenters. The topological polar surface area (TPSA) is 0 Å².